The van der Waals surface area contributed by atoms with Gasteiger partial charge >= 0.3 is 0 Å². The first-order valence-electron chi connectivity index (χ1n) is 20.0. The van der Waals surface area contributed by atoms with E-state index in [-0.39, 0.29) is 0 Å². The summed E-state index contributed by atoms with van der Waals surface area (Å²) in [5.41, 5.74) is 0. The standard InChI is InChI=1S/C40H80N2/c1-4-7-10-13-16-18-19-20-21-22-23-24-26-28-31-34-37-42-39-38-41(40(42)35-32-29-15-12-9-6-3)36-33-30-27-25-17-14-11-8-5-2/h38-40H,4-37H2,1-3H3. The van der Waals surface area contributed by atoms with Crippen molar-refractivity contribution >= 4 is 0 Å². The molecule has 0 aromatic heterocycles. The van der Waals surface area contributed by atoms with Gasteiger partial charge in [0.15, 0.2) is 0 Å². The Bertz CT molecular complexity index is 544. The van der Waals surface area contributed by atoms with Crippen molar-refractivity contribution < 1.29 is 0 Å². The molecule has 0 amide bonds. The SMILES string of the molecule is CCCCCCCCCCCCCCCCCCN1C=CN(CCCCCCCCCCC)C1CCCCCCCC. The highest BCUT2D eigenvalue weighted by Gasteiger charge is 2.24. The zero-order chi connectivity index (χ0) is 30.2. The van der Waals surface area contributed by atoms with E-state index in [9.17, 15) is 0 Å². The topological polar surface area (TPSA) is 6.48 Å². The van der Waals surface area contributed by atoms with Crippen LogP contribution < -0.4 is 0 Å². The minimum atomic E-state index is 0.640. The van der Waals surface area contributed by atoms with Crippen molar-refractivity contribution in [2.45, 2.75) is 232 Å². The molecule has 0 bridgehead atoms. The Morgan fingerprint density at radius 1 is 0.310 bits per heavy atom. The second-order valence-electron chi connectivity index (χ2n) is 13.9. The molecule has 0 fully saturated rings. The summed E-state index contributed by atoms with van der Waals surface area (Å²) in [6.45, 7) is 9.48. The van der Waals surface area contributed by atoms with E-state index >= 15 is 0 Å². The number of hydrogen-bond acceptors (Lipinski definition) is 2. The van der Waals surface area contributed by atoms with Crippen molar-refractivity contribution in [2.24, 2.45) is 0 Å². The normalized spacial score (nSPS) is 15.0. The van der Waals surface area contributed by atoms with Crippen LogP contribution in [-0.4, -0.2) is 29.1 Å². The largest absolute Gasteiger partial charge is 0.356 e. The number of rotatable bonds is 34. The van der Waals surface area contributed by atoms with Gasteiger partial charge in [-0.2, -0.15) is 0 Å². The van der Waals surface area contributed by atoms with E-state index in [4.69, 9.17) is 0 Å². The highest BCUT2D eigenvalue weighted by molar-refractivity contribution is 4.97. The fourth-order valence-corrected chi connectivity index (χ4v) is 6.89. The summed E-state index contributed by atoms with van der Waals surface area (Å²) >= 11 is 0. The van der Waals surface area contributed by atoms with Crippen molar-refractivity contribution in [3.8, 4) is 0 Å². The van der Waals surface area contributed by atoms with E-state index in [1.54, 1.807) is 0 Å². The molecule has 1 unspecified atom stereocenters. The predicted molar refractivity (Wildman–Crippen MR) is 191 cm³/mol. The summed E-state index contributed by atoms with van der Waals surface area (Å²) in [6.07, 6.45) is 51.4. The Hall–Kier alpha value is -0.660. The average Bonchev–Trinajstić information content (AvgIpc) is 3.38. The quantitative estimate of drug-likeness (QED) is 0.0690. The molecule has 1 rings (SSSR count). The minimum Gasteiger partial charge on any atom is -0.356 e. The average molecular weight is 589 g/mol. The molecular weight excluding hydrogens is 508 g/mol. The molecule has 0 aliphatic carbocycles. The van der Waals surface area contributed by atoms with Gasteiger partial charge in [-0.15, -0.1) is 0 Å². The van der Waals surface area contributed by atoms with Gasteiger partial charge in [-0.3, -0.25) is 0 Å². The van der Waals surface area contributed by atoms with Crippen LogP contribution in [-0.2, 0) is 0 Å². The maximum absolute atomic E-state index is 2.71. The van der Waals surface area contributed by atoms with E-state index < -0.39 is 0 Å². The maximum atomic E-state index is 2.71. The second kappa shape index (κ2) is 31.8. The molecule has 0 aromatic carbocycles. The lowest BCUT2D eigenvalue weighted by Gasteiger charge is -2.33. The Kier molecular flexibility index (Phi) is 29.8. The van der Waals surface area contributed by atoms with Crippen molar-refractivity contribution in [2.75, 3.05) is 13.1 Å². The third kappa shape index (κ3) is 23.8. The molecule has 0 aromatic rings. The van der Waals surface area contributed by atoms with Crippen LogP contribution in [0.25, 0.3) is 0 Å². The molecule has 1 atom stereocenters. The van der Waals surface area contributed by atoms with Gasteiger partial charge in [0, 0.05) is 25.5 Å². The fraction of sp³-hybridized carbons (Fsp3) is 0.950. The summed E-state index contributed by atoms with van der Waals surface area (Å²) in [4.78, 5) is 5.42. The van der Waals surface area contributed by atoms with Gasteiger partial charge < -0.3 is 9.80 Å². The zero-order valence-corrected chi connectivity index (χ0v) is 29.7. The molecule has 42 heavy (non-hydrogen) atoms. The van der Waals surface area contributed by atoms with E-state index in [1.165, 1.54) is 219 Å². The fourth-order valence-electron chi connectivity index (χ4n) is 6.89. The third-order valence-electron chi connectivity index (χ3n) is 9.82. The molecule has 0 saturated heterocycles. The van der Waals surface area contributed by atoms with Gasteiger partial charge in [0.1, 0.15) is 6.17 Å². The smallest absolute Gasteiger partial charge is 0.101 e. The van der Waals surface area contributed by atoms with Crippen LogP contribution >= 0.6 is 0 Å². The molecule has 1 heterocycles. The molecule has 0 radical (unpaired) electrons. The number of hydrogen-bond donors (Lipinski definition) is 0. The van der Waals surface area contributed by atoms with E-state index in [0.29, 0.717) is 6.17 Å². The summed E-state index contributed by atoms with van der Waals surface area (Å²) in [6, 6.07) is 0. The first kappa shape index (κ1) is 39.4. The van der Waals surface area contributed by atoms with Crippen molar-refractivity contribution in [3.63, 3.8) is 0 Å². The Labute approximate surface area is 267 Å². The molecule has 0 saturated carbocycles. The highest BCUT2D eigenvalue weighted by Crippen LogP contribution is 2.24. The van der Waals surface area contributed by atoms with Crippen molar-refractivity contribution in [1.29, 1.82) is 0 Å². The van der Waals surface area contributed by atoms with Crippen LogP contribution in [0.1, 0.15) is 226 Å². The maximum Gasteiger partial charge on any atom is 0.101 e. The molecule has 2 heteroatoms. The van der Waals surface area contributed by atoms with E-state index in [1.807, 2.05) is 0 Å². The molecule has 250 valence electrons. The Morgan fingerprint density at radius 3 is 0.833 bits per heavy atom. The minimum absolute atomic E-state index is 0.640. The van der Waals surface area contributed by atoms with Gasteiger partial charge in [-0.1, -0.05) is 201 Å². The van der Waals surface area contributed by atoms with Gasteiger partial charge in [0.25, 0.3) is 0 Å². The predicted octanol–water partition coefficient (Wildman–Crippen LogP) is 13.9. The van der Waals surface area contributed by atoms with Gasteiger partial charge in [0.2, 0.25) is 0 Å². The van der Waals surface area contributed by atoms with Crippen LogP contribution in [0.3, 0.4) is 0 Å². The van der Waals surface area contributed by atoms with Gasteiger partial charge in [-0.05, 0) is 25.7 Å². The summed E-state index contributed by atoms with van der Waals surface area (Å²) < 4.78 is 0. The lowest BCUT2D eigenvalue weighted by atomic mass is 10.0. The number of unbranched alkanes of at least 4 members (excludes halogenated alkanes) is 28. The van der Waals surface area contributed by atoms with E-state index in [2.05, 4.69) is 43.0 Å². The van der Waals surface area contributed by atoms with Crippen LogP contribution in [0.4, 0.5) is 0 Å². The second-order valence-corrected chi connectivity index (χ2v) is 13.9. The monoisotopic (exact) mass is 589 g/mol. The first-order valence-corrected chi connectivity index (χ1v) is 20.0. The lowest BCUT2D eigenvalue weighted by Crippen LogP contribution is -2.39. The van der Waals surface area contributed by atoms with Crippen molar-refractivity contribution in [1.82, 2.24) is 9.80 Å². The summed E-state index contributed by atoms with van der Waals surface area (Å²) in [5, 5.41) is 0. The van der Waals surface area contributed by atoms with Gasteiger partial charge in [0.05, 0.1) is 0 Å². The molecule has 0 spiro atoms. The molecular formula is C40H80N2. The number of nitrogens with zero attached hydrogens (tertiary/aromatic N) is 2. The molecule has 1 aliphatic heterocycles. The molecule has 1 aliphatic rings. The van der Waals surface area contributed by atoms with Gasteiger partial charge in [-0.25, -0.2) is 0 Å². The van der Waals surface area contributed by atoms with Crippen LogP contribution in [0.2, 0.25) is 0 Å². The molecule has 2 nitrogen and oxygen atoms in total. The van der Waals surface area contributed by atoms with Crippen LogP contribution in [0, 0.1) is 0 Å². The first-order chi connectivity index (χ1) is 20.8. The highest BCUT2D eigenvalue weighted by atomic mass is 15.4. The van der Waals surface area contributed by atoms with Crippen molar-refractivity contribution in [3.05, 3.63) is 12.4 Å². The summed E-state index contributed by atoms with van der Waals surface area (Å²) in [7, 11) is 0. The van der Waals surface area contributed by atoms with E-state index in [0.717, 1.165) is 0 Å². The summed E-state index contributed by atoms with van der Waals surface area (Å²) in [5.74, 6) is 0. The lowest BCUT2D eigenvalue weighted by molar-refractivity contribution is 0.135. The van der Waals surface area contributed by atoms with Crippen LogP contribution in [0.15, 0.2) is 12.4 Å². The third-order valence-corrected chi connectivity index (χ3v) is 9.82. The van der Waals surface area contributed by atoms with Crippen LogP contribution in [0.5, 0.6) is 0 Å². The Morgan fingerprint density at radius 2 is 0.548 bits per heavy atom. The molecule has 0 N–H and O–H groups in total. The Balaban J connectivity index is 2.12. The zero-order valence-electron chi connectivity index (χ0n) is 29.7.